The summed E-state index contributed by atoms with van der Waals surface area (Å²) in [6.45, 7) is 2.36. The normalized spacial score (nSPS) is 15.0. The van der Waals surface area contributed by atoms with E-state index in [2.05, 4.69) is 44.4 Å². The minimum atomic E-state index is 0.519. The van der Waals surface area contributed by atoms with Crippen LogP contribution in [0.25, 0.3) is 11.3 Å². The maximum absolute atomic E-state index is 5.89. The van der Waals surface area contributed by atoms with Gasteiger partial charge in [-0.25, -0.2) is 15.0 Å². The van der Waals surface area contributed by atoms with E-state index in [1.54, 1.807) is 6.20 Å². The Balaban J connectivity index is 1.67. The van der Waals surface area contributed by atoms with Crippen molar-refractivity contribution in [3.63, 3.8) is 0 Å². The molecule has 1 aromatic carbocycles. The van der Waals surface area contributed by atoms with Gasteiger partial charge in [-0.3, -0.25) is 4.90 Å². The van der Waals surface area contributed by atoms with E-state index in [-0.39, 0.29) is 0 Å². The van der Waals surface area contributed by atoms with Gasteiger partial charge in [0, 0.05) is 31.0 Å². The van der Waals surface area contributed by atoms with E-state index < -0.39 is 0 Å². The summed E-state index contributed by atoms with van der Waals surface area (Å²) in [5, 5.41) is 3.21. The van der Waals surface area contributed by atoms with Gasteiger partial charge < -0.3 is 10.1 Å². The highest BCUT2D eigenvalue weighted by Crippen LogP contribution is 2.23. The van der Waals surface area contributed by atoms with E-state index in [1.165, 1.54) is 5.56 Å². The van der Waals surface area contributed by atoms with Crippen molar-refractivity contribution in [3.8, 4) is 17.0 Å². The minimum Gasteiger partial charge on any atom is -0.493 e. The summed E-state index contributed by atoms with van der Waals surface area (Å²) in [6, 6.07) is 13.9. The predicted molar refractivity (Wildman–Crippen MR) is 111 cm³/mol. The summed E-state index contributed by atoms with van der Waals surface area (Å²) in [7, 11) is 2.10. The number of fused-ring (bicyclic) bond motifs is 7. The molecule has 0 unspecified atom stereocenters. The number of aromatic nitrogens is 3. The van der Waals surface area contributed by atoms with Gasteiger partial charge in [-0.05, 0) is 49.4 Å². The molecular weight excluding hydrogens is 350 g/mol. The fraction of sp³-hybridized carbons (Fsp3) is 0.227. The summed E-state index contributed by atoms with van der Waals surface area (Å²) >= 11 is 0. The number of hydrogen-bond donors (Lipinski definition) is 1. The first kappa shape index (κ1) is 18.1. The van der Waals surface area contributed by atoms with E-state index in [0.29, 0.717) is 12.6 Å². The molecule has 142 valence electrons. The molecule has 3 aromatic rings. The monoisotopic (exact) mass is 373 g/mol. The van der Waals surface area contributed by atoms with Crippen LogP contribution in [0.3, 0.4) is 0 Å². The van der Waals surface area contributed by atoms with Crippen LogP contribution in [0.2, 0.25) is 0 Å². The van der Waals surface area contributed by atoms with Gasteiger partial charge in [-0.15, -0.1) is 0 Å². The van der Waals surface area contributed by atoms with Gasteiger partial charge in [0.15, 0.2) is 0 Å². The van der Waals surface area contributed by atoms with Crippen molar-refractivity contribution in [2.24, 2.45) is 0 Å². The predicted octanol–water partition coefficient (Wildman–Crippen LogP) is 4.05. The molecule has 0 spiro atoms. The molecule has 1 aliphatic heterocycles. The van der Waals surface area contributed by atoms with Gasteiger partial charge in [0.05, 0.1) is 12.3 Å². The van der Waals surface area contributed by atoms with Gasteiger partial charge in [0.1, 0.15) is 11.6 Å². The molecule has 4 rings (SSSR count). The van der Waals surface area contributed by atoms with Gasteiger partial charge >= 0.3 is 0 Å². The molecule has 0 saturated carbocycles. The number of likely N-dealkylation sites (N-methyl/N-ethyl adjacent to an activating group) is 1. The Morgan fingerprint density at radius 1 is 1.04 bits per heavy atom. The van der Waals surface area contributed by atoms with Gasteiger partial charge in [-0.2, -0.15) is 0 Å². The molecule has 6 heteroatoms. The van der Waals surface area contributed by atoms with Crippen LogP contribution in [0, 0.1) is 0 Å². The lowest BCUT2D eigenvalue weighted by Gasteiger charge is -2.15. The number of anilines is 2. The second-order valence-electron chi connectivity index (χ2n) is 6.77. The zero-order valence-electron chi connectivity index (χ0n) is 15.9. The largest absolute Gasteiger partial charge is 0.493 e. The fourth-order valence-electron chi connectivity index (χ4n) is 3.07. The second kappa shape index (κ2) is 8.63. The molecular formula is C22H23N5O. The van der Waals surface area contributed by atoms with E-state index in [9.17, 15) is 0 Å². The van der Waals surface area contributed by atoms with Gasteiger partial charge in [-0.1, -0.05) is 24.3 Å². The van der Waals surface area contributed by atoms with Crippen LogP contribution in [0.15, 0.2) is 67.0 Å². The molecule has 0 amide bonds. The van der Waals surface area contributed by atoms with Crippen molar-refractivity contribution in [2.75, 3.05) is 25.5 Å². The number of nitrogens with one attached hydrogen (secondary N) is 1. The van der Waals surface area contributed by atoms with Crippen molar-refractivity contribution in [3.05, 3.63) is 72.6 Å². The molecule has 1 aliphatic rings. The third-order valence-electron chi connectivity index (χ3n) is 4.44. The molecule has 0 fully saturated rings. The number of rotatable bonds is 0. The van der Waals surface area contributed by atoms with Crippen molar-refractivity contribution in [1.29, 1.82) is 0 Å². The van der Waals surface area contributed by atoms with Crippen LogP contribution >= 0.6 is 0 Å². The maximum Gasteiger partial charge on any atom is 0.228 e. The Hall–Kier alpha value is -3.25. The van der Waals surface area contributed by atoms with Crippen LogP contribution in [0.4, 0.5) is 11.8 Å². The smallest absolute Gasteiger partial charge is 0.228 e. The molecule has 0 aliphatic carbocycles. The van der Waals surface area contributed by atoms with Crippen LogP contribution in [0.5, 0.6) is 5.75 Å². The first-order valence-corrected chi connectivity index (χ1v) is 9.38. The van der Waals surface area contributed by atoms with Crippen molar-refractivity contribution in [1.82, 2.24) is 19.9 Å². The van der Waals surface area contributed by atoms with Crippen molar-refractivity contribution >= 4 is 11.8 Å². The van der Waals surface area contributed by atoms with E-state index in [4.69, 9.17) is 4.74 Å². The highest BCUT2D eigenvalue weighted by atomic mass is 16.5. The zero-order chi connectivity index (χ0) is 19.2. The first-order valence-electron chi connectivity index (χ1n) is 9.38. The quantitative estimate of drug-likeness (QED) is 0.600. The lowest BCUT2D eigenvalue weighted by atomic mass is 10.1. The standard InChI is InChI=1S/C22H23N5O/c1-27-12-3-2-4-13-28-19-7-5-6-18(15-19)20-9-11-24-22(25-20)26-21-14-17(16-27)8-10-23-21/h2-3,5-11,14-15H,4,12-13,16H2,1H3,(H,23,24,25,26). The number of pyridine rings is 1. The van der Waals surface area contributed by atoms with Crippen LogP contribution in [0.1, 0.15) is 12.0 Å². The lowest BCUT2D eigenvalue weighted by molar-refractivity contribution is 0.324. The third-order valence-corrected chi connectivity index (χ3v) is 4.44. The van der Waals surface area contributed by atoms with E-state index >= 15 is 0 Å². The Labute approximate surface area is 164 Å². The molecule has 0 atom stereocenters. The summed E-state index contributed by atoms with van der Waals surface area (Å²) in [4.78, 5) is 15.6. The Morgan fingerprint density at radius 3 is 2.93 bits per heavy atom. The Kier molecular flexibility index (Phi) is 5.58. The van der Waals surface area contributed by atoms with Crippen molar-refractivity contribution < 1.29 is 4.74 Å². The molecule has 2 aromatic heterocycles. The topological polar surface area (TPSA) is 63.2 Å². The summed E-state index contributed by atoms with van der Waals surface area (Å²) in [5.41, 5.74) is 3.00. The first-order chi connectivity index (χ1) is 13.8. The van der Waals surface area contributed by atoms with Crippen LogP contribution in [-0.2, 0) is 6.54 Å². The molecule has 3 heterocycles. The van der Waals surface area contributed by atoms with Gasteiger partial charge in [0.2, 0.25) is 5.95 Å². The molecule has 6 bridgehead atoms. The fourth-order valence-corrected chi connectivity index (χ4v) is 3.07. The molecule has 6 nitrogen and oxygen atoms in total. The van der Waals surface area contributed by atoms with E-state index in [0.717, 1.165) is 42.3 Å². The van der Waals surface area contributed by atoms with E-state index in [1.807, 2.05) is 48.7 Å². The van der Waals surface area contributed by atoms with Crippen LogP contribution < -0.4 is 10.1 Å². The average molecular weight is 373 g/mol. The number of ether oxygens (including phenoxy) is 1. The minimum absolute atomic E-state index is 0.519. The Morgan fingerprint density at radius 2 is 1.96 bits per heavy atom. The number of nitrogens with zero attached hydrogens (tertiary/aromatic N) is 4. The number of benzene rings is 1. The highest BCUT2D eigenvalue weighted by molar-refractivity contribution is 5.63. The number of hydrogen-bond acceptors (Lipinski definition) is 6. The van der Waals surface area contributed by atoms with Crippen LogP contribution in [-0.4, -0.2) is 40.1 Å². The summed E-state index contributed by atoms with van der Waals surface area (Å²) in [5.74, 6) is 2.09. The SMILES string of the molecule is CN1CC=CCCOc2cccc(c2)-c2ccnc(n2)Nc2cc(ccn2)C1. The van der Waals surface area contributed by atoms with Crippen molar-refractivity contribution in [2.45, 2.75) is 13.0 Å². The molecule has 28 heavy (non-hydrogen) atoms. The Bertz CT molecular complexity index is 972. The summed E-state index contributed by atoms with van der Waals surface area (Å²) in [6.07, 6.45) is 8.78. The molecule has 0 radical (unpaired) electrons. The summed E-state index contributed by atoms with van der Waals surface area (Å²) < 4.78 is 5.89. The zero-order valence-corrected chi connectivity index (χ0v) is 15.9. The third kappa shape index (κ3) is 4.72. The average Bonchev–Trinajstić information content (AvgIpc) is 2.71. The highest BCUT2D eigenvalue weighted by Gasteiger charge is 2.07. The molecule has 0 saturated heterocycles. The molecule has 1 N–H and O–H groups in total. The second-order valence-corrected chi connectivity index (χ2v) is 6.77. The van der Waals surface area contributed by atoms with Gasteiger partial charge in [0.25, 0.3) is 0 Å². The lowest BCUT2D eigenvalue weighted by Crippen LogP contribution is -2.17. The maximum atomic E-state index is 5.89.